The summed E-state index contributed by atoms with van der Waals surface area (Å²) in [5, 5.41) is 19.6. The van der Waals surface area contributed by atoms with Gasteiger partial charge >= 0.3 is 7.82 Å². The number of phosphoric ester groups is 1. The Hall–Kier alpha value is -0.860. The van der Waals surface area contributed by atoms with Crippen LogP contribution in [-0.4, -0.2) is 51.1 Å². The second-order valence-corrected chi connectivity index (χ2v) is 6.46. The first-order chi connectivity index (χ1) is 10.2. The number of ether oxygens (including phenoxy) is 1. The van der Waals surface area contributed by atoms with Crippen LogP contribution in [-0.2, 0) is 13.8 Å². The minimum atomic E-state index is -4.77. The predicted octanol–water partition coefficient (Wildman–Crippen LogP) is 0.604. The van der Waals surface area contributed by atoms with Crippen LogP contribution in [0.1, 0.15) is 17.2 Å². The van der Waals surface area contributed by atoms with Crippen molar-refractivity contribution in [3.63, 3.8) is 0 Å². The number of hydrogen-bond donors (Lipinski definition) is 4. The molecule has 5 atom stereocenters. The molecule has 22 heavy (non-hydrogen) atoms. The fourth-order valence-corrected chi connectivity index (χ4v) is 2.60. The Kier molecular flexibility index (Phi) is 5.34. The van der Waals surface area contributed by atoms with Gasteiger partial charge in [-0.15, -0.1) is 0 Å². The lowest BCUT2D eigenvalue weighted by molar-refractivity contribution is -0.213. The molecule has 0 bridgehead atoms. The number of rotatable bonds is 4. The fourth-order valence-electron chi connectivity index (χ4n) is 2.26. The smallest absolute Gasteiger partial charge is 0.387 e. The Morgan fingerprint density at radius 2 is 1.82 bits per heavy atom. The summed E-state index contributed by atoms with van der Waals surface area (Å²) >= 11 is 0. The van der Waals surface area contributed by atoms with Gasteiger partial charge in [0.25, 0.3) is 0 Å². The first kappa shape index (κ1) is 17.5. The quantitative estimate of drug-likeness (QED) is 0.595. The molecule has 4 N–H and O–H groups in total. The van der Waals surface area contributed by atoms with Gasteiger partial charge in [0.15, 0.2) is 6.17 Å². The number of aliphatic hydroxyl groups excluding tert-OH is 2. The van der Waals surface area contributed by atoms with E-state index in [0.717, 1.165) is 5.56 Å². The van der Waals surface area contributed by atoms with E-state index in [1.165, 1.54) is 0 Å². The third-order valence-electron chi connectivity index (χ3n) is 3.48. The number of hydrogen-bond acceptors (Lipinski definition) is 5. The molecule has 1 saturated heterocycles. The van der Waals surface area contributed by atoms with Crippen molar-refractivity contribution in [2.24, 2.45) is 0 Å². The van der Waals surface area contributed by atoms with Crippen molar-refractivity contribution >= 4 is 7.82 Å². The highest BCUT2D eigenvalue weighted by Crippen LogP contribution is 2.39. The van der Waals surface area contributed by atoms with E-state index >= 15 is 0 Å². The largest absolute Gasteiger partial charge is 0.469 e. The molecule has 9 heteroatoms. The van der Waals surface area contributed by atoms with Gasteiger partial charge in [-0.3, -0.25) is 4.52 Å². The van der Waals surface area contributed by atoms with Gasteiger partial charge in [0.2, 0.25) is 0 Å². The average molecular weight is 336 g/mol. The van der Waals surface area contributed by atoms with Crippen LogP contribution in [0.3, 0.4) is 0 Å². The summed E-state index contributed by atoms with van der Waals surface area (Å²) in [4.78, 5) is 17.3. The van der Waals surface area contributed by atoms with Crippen molar-refractivity contribution in [2.45, 2.75) is 37.5 Å². The molecule has 0 aromatic heterocycles. The highest BCUT2D eigenvalue weighted by Gasteiger charge is 2.46. The maximum absolute atomic E-state index is 14.0. The summed E-state index contributed by atoms with van der Waals surface area (Å²) in [6.07, 6.45) is -7.74. The third kappa shape index (κ3) is 4.11. The standard InChI is InChI=1S/C13H18FO7P/c1-7-2-4-8(5-3-7)13-12(16)10(14)11(15)9(21-13)6-20-22(17,18)19/h2-5,9-13,15-16H,6H2,1H3,(H2,17,18,19)/t9?,10?,11-,12+,13?/m1/s1. The van der Waals surface area contributed by atoms with Crippen molar-refractivity contribution in [2.75, 3.05) is 6.61 Å². The van der Waals surface area contributed by atoms with E-state index in [2.05, 4.69) is 4.52 Å². The lowest BCUT2D eigenvalue weighted by atomic mass is 9.92. The first-order valence-corrected chi connectivity index (χ1v) is 8.14. The van der Waals surface area contributed by atoms with E-state index in [4.69, 9.17) is 14.5 Å². The van der Waals surface area contributed by atoms with Gasteiger partial charge in [-0.1, -0.05) is 29.8 Å². The van der Waals surface area contributed by atoms with Crippen LogP contribution in [0.5, 0.6) is 0 Å². The Morgan fingerprint density at radius 3 is 2.36 bits per heavy atom. The summed E-state index contributed by atoms with van der Waals surface area (Å²) in [7, 11) is -4.77. The normalized spacial score (nSPS) is 32.9. The third-order valence-corrected chi connectivity index (χ3v) is 3.96. The molecule has 0 saturated carbocycles. The number of aliphatic hydroxyl groups is 2. The van der Waals surface area contributed by atoms with Crippen LogP contribution >= 0.6 is 7.82 Å². The van der Waals surface area contributed by atoms with Crippen molar-refractivity contribution in [3.8, 4) is 0 Å². The molecular formula is C13H18FO7P. The molecule has 7 nitrogen and oxygen atoms in total. The Balaban J connectivity index is 2.16. The van der Waals surface area contributed by atoms with Gasteiger partial charge in [-0.2, -0.15) is 0 Å². The van der Waals surface area contributed by atoms with Gasteiger partial charge in [0.05, 0.1) is 6.61 Å². The summed E-state index contributed by atoms with van der Waals surface area (Å²) in [5.74, 6) is 0. The van der Waals surface area contributed by atoms with E-state index < -0.39 is 45.0 Å². The van der Waals surface area contributed by atoms with E-state index in [1.54, 1.807) is 24.3 Å². The minimum Gasteiger partial charge on any atom is -0.387 e. The van der Waals surface area contributed by atoms with E-state index in [0.29, 0.717) is 5.56 Å². The van der Waals surface area contributed by atoms with Crippen LogP contribution in [0.2, 0.25) is 0 Å². The molecule has 1 aliphatic heterocycles. The number of phosphoric acid groups is 1. The summed E-state index contributed by atoms with van der Waals surface area (Å²) in [6, 6.07) is 6.80. The molecule has 1 heterocycles. The lowest BCUT2D eigenvalue weighted by Crippen LogP contribution is -2.53. The fraction of sp³-hybridized carbons (Fsp3) is 0.538. The Labute approximate surface area is 126 Å². The molecule has 1 aromatic carbocycles. The highest BCUT2D eigenvalue weighted by molar-refractivity contribution is 7.46. The van der Waals surface area contributed by atoms with Crippen LogP contribution in [0.4, 0.5) is 4.39 Å². The van der Waals surface area contributed by atoms with Crippen LogP contribution in [0.15, 0.2) is 24.3 Å². The molecule has 1 aliphatic rings. The summed E-state index contributed by atoms with van der Waals surface area (Å²) in [5.41, 5.74) is 1.46. The summed E-state index contributed by atoms with van der Waals surface area (Å²) in [6.45, 7) is 1.17. The molecule has 0 radical (unpaired) electrons. The molecule has 3 unspecified atom stereocenters. The van der Waals surface area contributed by atoms with Crippen molar-refractivity contribution < 1.29 is 38.2 Å². The number of aryl methyl sites for hydroxylation is 1. The zero-order valence-electron chi connectivity index (χ0n) is 11.7. The van der Waals surface area contributed by atoms with Gasteiger partial charge in [0, 0.05) is 0 Å². The molecule has 1 fully saturated rings. The topological polar surface area (TPSA) is 116 Å². The SMILES string of the molecule is Cc1ccc(C2OC(COP(=O)(O)O)[C@@H](O)C(F)[C@@H]2O)cc1. The van der Waals surface area contributed by atoms with Crippen molar-refractivity contribution in [1.29, 1.82) is 0 Å². The van der Waals surface area contributed by atoms with Crippen LogP contribution < -0.4 is 0 Å². The molecule has 0 amide bonds. The molecule has 124 valence electrons. The zero-order valence-corrected chi connectivity index (χ0v) is 12.6. The summed E-state index contributed by atoms with van der Waals surface area (Å²) < 4.78 is 34.4. The van der Waals surface area contributed by atoms with Crippen LogP contribution in [0.25, 0.3) is 0 Å². The van der Waals surface area contributed by atoms with E-state index in [9.17, 15) is 19.2 Å². The maximum Gasteiger partial charge on any atom is 0.469 e. The average Bonchev–Trinajstić information content (AvgIpc) is 2.44. The minimum absolute atomic E-state index is 0.494. The van der Waals surface area contributed by atoms with Gasteiger partial charge in [0.1, 0.15) is 24.4 Å². The number of benzene rings is 1. The van der Waals surface area contributed by atoms with E-state index in [-0.39, 0.29) is 0 Å². The molecule has 0 spiro atoms. The van der Waals surface area contributed by atoms with Crippen molar-refractivity contribution in [3.05, 3.63) is 35.4 Å². The van der Waals surface area contributed by atoms with Crippen molar-refractivity contribution in [1.82, 2.24) is 0 Å². The zero-order chi connectivity index (χ0) is 16.5. The molecular weight excluding hydrogens is 318 g/mol. The van der Waals surface area contributed by atoms with Crippen LogP contribution in [0, 0.1) is 6.92 Å². The first-order valence-electron chi connectivity index (χ1n) is 6.61. The second kappa shape index (κ2) is 6.72. The molecule has 1 aromatic rings. The number of alkyl halides is 1. The van der Waals surface area contributed by atoms with E-state index in [1.807, 2.05) is 6.92 Å². The molecule has 2 rings (SSSR count). The highest BCUT2D eigenvalue weighted by atomic mass is 31.2. The van der Waals surface area contributed by atoms with Gasteiger partial charge < -0.3 is 24.7 Å². The molecule has 0 aliphatic carbocycles. The monoisotopic (exact) mass is 336 g/mol. The maximum atomic E-state index is 14.0. The lowest BCUT2D eigenvalue weighted by Gasteiger charge is -2.39. The number of halogens is 1. The second-order valence-electron chi connectivity index (χ2n) is 5.22. The Morgan fingerprint density at radius 1 is 1.23 bits per heavy atom. The Bertz CT molecular complexity index is 546. The predicted molar refractivity (Wildman–Crippen MR) is 73.7 cm³/mol. The van der Waals surface area contributed by atoms with Gasteiger partial charge in [-0.25, -0.2) is 8.96 Å². The van der Waals surface area contributed by atoms with Gasteiger partial charge in [-0.05, 0) is 12.5 Å².